The van der Waals surface area contributed by atoms with Gasteiger partial charge in [-0.1, -0.05) is 50.1 Å². The van der Waals surface area contributed by atoms with Gasteiger partial charge in [0.25, 0.3) is 0 Å². The Morgan fingerprint density at radius 1 is 1.11 bits per heavy atom. The number of ketones is 1. The van der Waals surface area contributed by atoms with E-state index < -0.39 is 23.8 Å². The Labute approximate surface area is 164 Å². The first kappa shape index (κ1) is 21.6. The molecule has 0 saturated heterocycles. The highest BCUT2D eigenvalue weighted by Crippen LogP contribution is 2.24. The highest BCUT2D eigenvalue weighted by molar-refractivity contribution is 5.93. The van der Waals surface area contributed by atoms with Crippen LogP contribution in [0.2, 0.25) is 0 Å². The number of Topliss-reactive ketones (excluding diaryl/α,β-unsaturated/α-hetero) is 1. The molecule has 28 heavy (non-hydrogen) atoms. The molecule has 1 saturated carbocycles. The first-order valence-electron chi connectivity index (χ1n) is 9.73. The minimum Gasteiger partial charge on any atom is -0.481 e. The predicted molar refractivity (Wildman–Crippen MR) is 103 cm³/mol. The molecule has 0 aromatic heterocycles. The number of carboxylic acid groups (broad SMARTS) is 1. The standard InChI is InChI=1S/C21H28N2O5/c1-14(21(27)28)11-18(24)17(12-15-7-3-2-4-8-15)23-19(25)13-22-20(26)16-9-5-6-10-16/h2-4,7-8,14,16-17H,5-6,9-13H2,1H3,(H,22,26)(H,23,25)(H,27,28)/t14-,17+/m0/s1. The molecule has 0 bridgehead atoms. The van der Waals surface area contributed by atoms with Crippen molar-refractivity contribution in [3.63, 3.8) is 0 Å². The summed E-state index contributed by atoms with van der Waals surface area (Å²) in [6, 6.07) is 8.37. The second-order valence-electron chi connectivity index (χ2n) is 7.42. The van der Waals surface area contributed by atoms with Gasteiger partial charge in [0.15, 0.2) is 5.78 Å². The van der Waals surface area contributed by atoms with Crippen LogP contribution >= 0.6 is 0 Å². The fourth-order valence-corrected chi connectivity index (χ4v) is 3.37. The number of rotatable bonds is 10. The molecule has 7 nitrogen and oxygen atoms in total. The van der Waals surface area contributed by atoms with Crippen molar-refractivity contribution in [2.75, 3.05) is 6.54 Å². The maximum absolute atomic E-state index is 12.6. The Bertz CT molecular complexity index is 698. The van der Waals surface area contributed by atoms with Crippen molar-refractivity contribution in [3.05, 3.63) is 35.9 Å². The van der Waals surface area contributed by atoms with Crippen molar-refractivity contribution in [2.45, 2.75) is 51.5 Å². The molecule has 2 amide bonds. The van der Waals surface area contributed by atoms with Crippen molar-refractivity contribution in [1.82, 2.24) is 10.6 Å². The maximum Gasteiger partial charge on any atom is 0.306 e. The summed E-state index contributed by atoms with van der Waals surface area (Å²) in [4.78, 5) is 48.0. The van der Waals surface area contributed by atoms with E-state index >= 15 is 0 Å². The number of carbonyl (C=O) groups excluding carboxylic acids is 3. The van der Waals surface area contributed by atoms with Gasteiger partial charge in [-0.05, 0) is 24.8 Å². The van der Waals surface area contributed by atoms with Gasteiger partial charge in [0, 0.05) is 12.3 Å². The lowest BCUT2D eigenvalue weighted by Gasteiger charge is -2.19. The van der Waals surface area contributed by atoms with Crippen LogP contribution < -0.4 is 10.6 Å². The molecule has 1 fully saturated rings. The van der Waals surface area contributed by atoms with Crippen molar-refractivity contribution >= 4 is 23.6 Å². The molecule has 2 rings (SSSR count). The van der Waals surface area contributed by atoms with Crippen LogP contribution in [0.3, 0.4) is 0 Å². The molecule has 2 atom stereocenters. The van der Waals surface area contributed by atoms with Crippen molar-refractivity contribution in [1.29, 1.82) is 0 Å². The summed E-state index contributed by atoms with van der Waals surface area (Å²) >= 11 is 0. The normalized spacial score (nSPS) is 16.2. The number of amides is 2. The molecule has 3 N–H and O–H groups in total. The van der Waals surface area contributed by atoms with Gasteiger partial charge in [0.05, 0.1) is 18.5 Å². The van der Waals surface area contributed by atoms with E-state index in [9.17, 15) is 19.2 Å². The average Bonchev–Trinajstić information content (AvgIpc) is 3.21. The van der Waals surface area contributed by atoms with E-state index in [1.165, 1.54) is 6.92 Å². The molecular weight excluding hydrogens is 360 g/mol. The zero-order chi connectivity index (χ0) is 20.5. The molecule has 7 heteroatoms. The van der Waals surface area contributed by atoms with Crippen LogP contribution in [0.15, 0.2) is 30.3 Å². The molecule has 0 heterocycles. The molecule has 0 aliphatic heterocycles. The molecular formula is C21H28N2O5. The van der Waals surface area contributed by atoms with E-state index in [0.29, 0.717) is 0 Å². The Kier molecular flexibility index (Phi) is 8.17. The summed E-state index contributed by atoms with van der Waals surface area (Å²) in [5.74, 6) is -2.84. The summed E-state index contributed by atoms with van der Waals surface area (Å²) in [5.41, 5.74) is 0.860. The lowest BCUT2D eigenvalue weighted by atomic mass is 9.95. The zero-order valence-electron chi connectivity index (χ0n) is 16.1. The summed E-state index contributed by atoms with van der Waals surface area (Å²) in [6.45, 7) is 1.27. The fourth-order valence-electron chi connectivity index (χ4n) is 3.37. The first-order valence-corrected chi connectivity index (χ1v) is 9.73. The summed E-state index contributed by atoms with van der Waals surface area (Å²) in [7, 11) is 0. The number of aliphatic carboxylic acids is 1. The number of benzene rings is 1. The van der Waals surface area contributed by atoms with Crippen LogP contribution in [0.5, 0.6) is 0 Å². The van der Waals surface area contributed by atoms with E-state index in [-0.39, 0.29) is 37.0 Å². The highest BCUT2D eigenvalue weighted by atomic mass is 16.4. The number of carbonyl (C=O) groups is 4. The Morgan fingerprint density at radius 3 is 2.36 bits per heavy atom. The third-order valence-electron chi connectivity index (χ3n) is 5.08. The van der Waals surface area contributed by atoms with Crippen LogP contribution in [-0.4, -0.2) is 41.3 Å². The van der Waals surface area contributed by atoms with E-state index in [4.69, 9.17) is 5.11 Å². The van der Waals surface area contributed by atoms with Gasteiger partial charge in [-0.25, -0.2) is 0 Å². The Hall–Kier alpha value is -2.70. The van der Waals surface area contributed by atoms with Gasteiger partial charge < -0.3 is 15.7 Å². The largest absolute Gasteiger partial charge is 0.481 e. The van der Waals surface area contributed by atoms with Crippen LogP contribution in [0.1, 0.15) is 44.6 Å². The molecule has 1 aromatic rings. The maximum atomic E-state index is 12.6. The van der Waals surface area contributed by atoms with E-state index in [2.05, 4.69) is 10.6 Å². The number of hydrogen-bond acceptors (Lipinski definition) is 4. The number of carboxylic acids is 1. The monoisotopic (exact) mass is 388 g/mol. The fraction of sp³-hybridized carbons (Fsp3) is 0.524. The third-order valence-corrected chi connectivity index (χ3v) is 5.08. The van der Waals surface area contributed by atoms with E-state index in [1.807, 2.05) is 30.3 Å². The van der Waals surface area contributed by atoms with Crippen molar-refractivity contribution in [2.24, 2.45) is 11.8 Å². The second-order valence-corrected chi connectivity index (χ2v) is 7.42. The highest BCUT2D eigenvalue weighted by Gasteiger charge is 2.26. The topological polar surface area (TPSA) is 113 Å². The quantitative estimate of drug-likeness (QED) is 0.565. The number of hydrogen-bond donors (Lipinski definition) is 3. The summed E-state index contributed by atoms with van der Waals surface area (Å²) in [6.07, 6.45) is 3.85. The Balaban J connectivity index is 1.95. The molecule has 0 spiro atoms. The Morgan fingerprint density at radius 2 is 1.75 bits per heavy atom. The SMILES string of the molecule is C[C@@H](CC(=O)[C@@H](Cc1ccccc1)NC(=O)CNC(=O)C1CCCC1)C(=O)O. The minimum absolute atomic E-state index is 0.0361. The summed E-state index contributed by atoms with van der Waals surface area (Å²) < 4.78 is 0. The zero-order valence-corrected chi connectivity index (χ0v) is 16.1. The molecule has 1 aliphatic carbocycles. The van der Waals surface area contributed by atoms with Gasteiger partial charge in [-0.15, -0.1) is 0 Å². The molecule has 1 aromatic carbocycles. The molecule has 1 aliphatic rings. The minimum atomic E-state index is -1.05. The van der Waals surface area contributed by atoms with Crippen molar-refractivity contribution in [3.8, 4) is 0 Å². The molecule has 0 unspecified atom stereocenters. The third kappa shape index (κ3) is 6.79. The van der Waals surface area contributed by atoms with Gasteiger partial charge in [0.2, 0.25) is 11.8 Å². The lowest BCUT2D eigenvalue weighted by Crippen LogP contribution is -2.47. The average molecular weight is 388 g/mol. The van der Waals surface area contributed by atoms with Crippen LogP contribution in [0.25, 0.3) is 0 Å². The number of nitrogens with one attached hydrogen (secondary N) is 2. The summed E-state index contributed by atoms with van der Waals surface area (Å²) in [5, 5.41) is 14.3. The van der Waals surface area contributed by atoms with Crippen molar-refractivity contribution < 1.29 is 24.3 Å². The first-order chi connectivity index (χ1) is 13.4. The van der Waals surface area contributed by atoms with E-state index in [1.54, 1.807) is 0 Å². The smallest absolute Gasteiger partial charge is 0.306 e. The van der Waals surface area contributed by atoms with Crippen LogP contribution in [0, 0.1) is 11.8 Å². The van der Waals surface area contributed by atoms with Gasteiger partial charge in [-0.2, -0.15) is 0 Å². The van der Waals surface area contributed by atoms with E-state index in [0.717, 1.165) is 31.2 Å². The second kappa shape index (κ2) is 10.6. The van der Waals surface area contributed by atoms with Gasteiger partial charge >= 0.3 is 5.97 Å². The predicted octanol–water partition coefficient (Wildman–Crippen LogP) is 1.70. The van der Waals surface area contributed by atoms with Crippen LogP contribution in [0.4, 0.5) is 0 Å². The lowest BCUT2D eigenvalue weighted by molar-refractivity contribution is -0.143. The van der Waals surface area contributed by atoms with Gasteiger partial charge in [0.1, 0.15) is 0 Å². The molecule has 152 valence electrons. The molecule has 0 radical (unpaired) electrons. The van der Waals surface area contributed by atoms with Crippen LogP contribution in [-0.2, 0) is 25.6 Å². The van der Waals surface area contributed by atoms with Gasteiger partial charge in [-0.3, -0.25) is 19.2 Å².